The van der Waals surface area contributed by atoms with Crippen LogP contribution >= 0.6 is 34.3 Å². The highest BCUT2D eigenvalue weighted by Gasteiger charge is 2.15. The number of nitrogens with zero attached hydrogens (tertiary/aromatic N) is 1. The normalized spacial score (nSPS) is 10.7. The van der Waals surface area contributed by atoms with E-state index in [1.54, 1.807) is 11.4 Å². The van der Waals surface area contributed by atoms with Crippen LogP contribution in [0.2, 0.25) is 4.34 Å². The van der Waals surface area contributed by atoms with Gasteiger partial charge in [0.1, 0.15) is 11.6 Å². The number of carbonyl (C=O) groups is 1. The molecule has 0 unspecified atom stereocenters. The van der Waals surface area contributed by atoms with Gasteiger partial charge < -0.3 is 0 Å². The van der Waals surface area contributed by atoms with E-state index in [1.807, 2.05) is 6.07 Å². The minimum atomic E-state index is -0.917. The number of carbonyl (C=O) groups excluding carboxylic acids is 1. The third-order valence-electron chi connectivity index (χ3n) is 2.73. The minimum Gasteiger partial charge on any atom is -0.298 e. The molecule has 22 heavy (non-hydrogen) atoms. The average Bonchev–Trinajstić information content (AvgIpc) is 3.07. The summed E-state index contributed by atoms with van der Waals surface area (Å²) in [5.41, 5.74) is 0.439. The van der Waals surface area contributed by atoms with E-state index < -0.39 is 17.5 Å². The molecule has 1 N–H and O–H groups in total. The van der Waals surface area contributed by atoms with Crippen LogP contribution < -0.4 is 5.32 Å². The van der Waals surface area contributed by atoms with Gasteiger partial charge in [0, 0.05) is 11.4 Å². The number of nitrogens with one attached hydrogen (secondary N) is 1. The first-order valence-corrected chi connectivity index (χ1v) is 8.08. The van der Waals surface area contributed by atoms with Crippen molar-refractivity contribution in [2.24, 2.45) is 0 Å². The number of rotatable bonds is 3. The van der Waals surface area contributed by atoms with Crippen LogP contribution in [0.3, 0.4) is 0 Å². The van der Waals surface area contributed by atoms with Crippen molar-refractivity contribution >= 4 is 45.3 Å². The number of thiazole rings is 1. The lowest BCUT2D eigenvalue weighted by Crippen LogP contribution is -2.13. The molecule has 112 valence electrons. The number of halogens is 3. The zero-order valence-corrected chi connectivity index (χ0v) is 13.2. The molecule has 0 saturated heterocycles. The summed E-state index contributed by atoms with van der Waals surface area (Å²) in [5, 5.41) is 4.58. The predicted octanol–water partition coefficient (Wildman–Crippen LogP) is 5.06. The number of hydrogen-bond acceptors (Lipinski definition) is 4. The van der Waals surface area contributed by atoms with Crippen LogP contribution in [0, 0.1) is 11.6 Å². The number of hydrogen-bond donors (Lipinski definition) is 1. The Morgan fingerprint density at radius 2 is 2.05 bits per heavy atom. The van der Waals surface area contributed by atoms with Gasteiger partial charge in [-0.3, -0.25) is 10.1 Å². The standard InChI is InChI=1S/C14H7ClF2N2OS2/c15-12-4-3-11(22-12)10-6-21-14(18-10)19-13(20)8-2-1-7(16)5-9(8)17/h1-6H,(H,18,19,20). The molecule has 0 spiro atoms. The first-order chi connectivity index (χ1) is 10.5. The lowest BCUT2D eigenvalue weighted by molar-refractivity contribution is 0.102. The van der Waals surface area contributed by atoms with E-state index in [4.69, 9.17) is 11.6 Å². The Bertz CT molecular complexity index is 847. The van der Waals surface area contributed by atoms with Gasteiger partial charge in [0.15, 0.2) is 5.13 Å². The second kappa shape index (κ2) is 6.12. The Labute approximate surface area is 137 Å². The Morgan fingerprint density at radius 3 is 2.73 bits per heavy atom. The van der Waals surface area contributed by atoms with Crippen molar-refractivity contribution in [3.8, 4) is 10.6 Å². The minimum absolute atomic E-state index is 0.239. The molecule has 0 radical (unpaired) electrons. The second-order valence-corrected chi connectivity index (χ2v) is 6.79. The van der Waals surface area contributed by atoms with Crippen LogP contribution in [-0.4, -0.2) is 10.9 Å². The van der Waals surface area contributed by atoms with Gasteiger partial charge >= 0.3 is 0 Å². The molecular weight excluding hydrogens is 350 g/mol. The highest BCUT2D eigenvalue weighted by Crippen LogP contribution is 2.32. The molecule has 0 aliphatic carbocycles. The summed E-state index contributed by atoms with van der Waals surface area (Å²) in [6, 6.07) is 6.36. The lowest BCUT2D eigenvalue weighted by atomic mass is 10.2. The summed E-state index contributed by atoms with van der Waals surface area (Å²) in [6.45, 7) is 0. The van der Waals surface area contributed by atoms with Gasteiger partial charge in [-0.15, -0.1) is 22.7 Å². The summed E-state index contributed by atoms with van der Waals surface area (Å²) >= 11 is 8.44. The number of thiophene rings is 1. The van der Waals surface area contributed by atoms with Crippen LogP contribution in [0.25, 0.3) is 10.6 Å². The van der Waals surface area contributed by atoms with Crippen molar-refractivity contribution in [1.29, 1.82) is 0 Å². The van der Waals surface area contributed by atoms with Gasteiger partial charge in [-0.25, -0.2) is 13.8 Å². The van der Waals surface area contributed by atoms with Crippen molar-refractivity contribution in [3.05, 3.63) is 57.2 Å². The van der Waals surface area contributed by atoms with Crippen LogP contribution in [0.15, 0.2) is 35.7 Å². The number of anilines is 1. The Morgan fingerprint density at radius 1 is 1.23 bits per heavy atom. The molecule has 0 aliphatic rings. The van der Waals surface area contributed by atoms with Crippen LogP contribution in [0.1, 0.15) is 10.4 Å². The largest absolute Gasteiger partial charge is 0.298 e. The molecule has 0 fully saturated rings. The summed E-state index contributed by atoms with van der Waals surface area (Å²) in [6.07, 6.45) is 0. The van der Waals surface area contributed by atoms with E-state index in [-0.39, 0.29) is 5.56 Å². The van der Waals surface area contributed by atoms with E-state index in [1.165, 1.54) is 22.7 Å². The summed E-state index contributed by atoms with van der Waals surface area (Å²) in [4.78, 5) is 17.1. The van der Waals surface area contributed by atoms with Crippen molar-refractivity contribution in [1.82, 2.24) is 4.98 Å². The van der Waals surface area contributed by atoms with Crippen LogP contribution in [0.5, 0.6) is 0 Å². The van der Waals surface area contributed by atoms with Crippen molar-refractivity contribution in [3.63, 3.8) is 0 Å². The molecule has 3 nitrogen and oxygen atoms in total. The number of aromatic nitrogens is 1. The fourth-order valence-corrected chi connectivity index (χ4v) is 3.52. The van der Waals surface area contributed by atoms with Gasteiger partial charge in [0.2, 0.25) is 0 Å². The summed E-state index contributed by atoms with van der Waals surface area (Å²) < 4.78 is 27.0. The third-order valence-corrected chi connectivity index (χ3v) is 4.74. The van der Waals surface area contributed by atoms with Gasteiger partial charge in [-0.2, -0.15) is 0 Å². The molecule has 3 aromatic rings. The van der Waals surface area contributed by atoms with Crippen molar-refractivity contribution < 1.29 is 13.6 Å². The van der Waals surface area contributed by atoms with E-state index in [9.17, 15) is 13.6 Å². The second-order valence-electron chi connectivity index (χ2n) is 4.22. The van der Waals surface area contributed by atoms with Gasteiger partial charge in [0.25, 0.3) is 5.91 Å². The molecule has 0 aliphatic heterocycles. The predicted molar refractivity (Wildman–Crippen MR) is 84.7 cm³/mol. The third kappa shape index (κ3) is 3.16. The number of benzene rings is 1. The Kier molecular flexibility index (Phi) is 4.19. The fourth-order valence-electron chi connectivity index (χ4n) is 1.73. The van der Waals surface area contributed by atoms with Gasteiger partial charge in [0.05, 0.1) is 20.5 Å². The molecule has 2 heterocycles. The van der Waals surface area contributed by atoms with E-state index in [2.05, 4.69) is 10.3 Å². The van der Waals surface area contributed by atoms with Crippen molar-refractivity contribution in [2.75, 3.05) is 5.32 Å². The lowest BCUT2D eigenvalue weighted by Gasteiger charge is -2.02. The average molecular weight is 357 g/mol. The van der Waals surface area contributed by atoms with E-state index in [0.717, 1.165) is 17.0 Å². The first kappa shape index (κ1) is 15.1. The highest BCUT2D eigenvalue weighted by atomic mass is 35.5. The maximum Gasteiger partial charge on any atom is 0.260 e. The Hall–Kier alpha value is -1.83. The van der Waals surface area contributed by atoms with E-state index in [0.29, 0.717) is 21.2 Å². The smallest absolute Gasteiger partial charge is 0.260 e. The fraction of sp³-hybridized carbons (Fsp3) is 0. The molecule has 3 rings (SSSR count). The zero-order valence-electron chi connectivity index (χ0n) is 10.8. The topological polar surface area (TPSA) is 42.0 Å². The Balaban J connectivity index is 1.79. The summed E-state index contributed by atoms with van der Waals surface area (Å²) in [7, 11) is 0. The molecule has 1 amide bonds. The number of amides is 1. The van der Waals surface area contributed by atoms with Crippen LogP contribution in [-0.2, 0) is 0 Å². The molecular formula is C14H7ClF2N2OS2. The highest BCUT2D eigenvalue weighted by molar-refractivity contribution is 7.20. The van der Waals surface area contributed by atoms with Crippen LogP contribution in [0.4, 0.5) is 13.9 Å². The van der Waals surface area contributed by atoms with Crippen molar-refractivity contribution in [2.45, 2.75) is 0 Å². The maximum absolute atomic E-state index is 13.5. The molecule has 0 bridgehead atoms. The zero-order chi connectivity index (χ0) is 15.7. The molecule has 0 saturated carbocycles. The maximum atomic E-state index is 13.5. The van der Waals surface area contributed by atoms with E-state index >= 15 is 0 Å². The molecule has 1 aromatic carbocycles. The first-order valence-electron chi connectivity index (χ1n) is 6.00. The summed E-state index contributed by atoms with van der Waals surface area (Å²) in [5.74, 6) is -2.33. The molecule has 8 heteroatoms. The van der Waals surface area contributed by atoms with Gasteiger partial charge in [-0.05, 0) is 24.3 Å². The SMILES string of the molecule is O=C(Nc1nc(-c2ccc(Cl)s2)cs1)c1ccc(F)cc1F. The molecule has 0 atom stereocenters. The van der Waals surface area contributed by atoms with Gasteiger partial charge in [-0.1, -0.05) is 11.6 Å². The quantitative estimate of drug-likeness (QED) is 0.713. The monoisotopic (exact) mass is 356 g/mol. The molecule has 2 aromatic heterocycles.